The summed E-state index contributed by atoms with van der Waals surface area (Å²) in [5.74, 6) is 0.459. The van der Waals surface area contributed by atoms with Crippen molar-refractivity contribution in [2.24, 2.45) is 0 Å². The molecule has 138 valence electrons. The second kappa shape index (κ2) is 8.96. The first-order valence-corrected chi connectivity index (χ1v) is 8.00. The summed E-state index contributed by atoms with van der Waals surface area (Å²) in [7, 11) is 4.46. The average Bonchev–Trinajstić information content (AvgIpc) is 2.63. The zero-order chi connectivity index (χ0) is 19.1. The highest BCUT2D eigenvalue weighted by Crippen LogP contribution is 2.35. The van der Waals surface area contributed by atoms with E-state index in [4.69, 9.17) is 25.8 Å². The van der Waals surface area contributed by atoms with Gasteiger partial charge in [-0.25, -0.2) is 0 Å². The fraction of sp³-hybridized carbons (Fsp3) is 0.222. The molecular formula is C18H19ClN2O5. The van der Waals surface area contributed by atoms with Crippen LogP contribution in [0.3, 0.4) is 0 Å². The molecule has 0 saturated heterocycles. The van der Waals surface area contributed by atoms with Gasteiger partial charge in [0.15, 0.2) is 0 Å². The summed E-state index contributed by atoms with van der Waals surface area (Å²) in [6.45, 7) is 0. The van der Waals surface area contributed by atoms with E-state index >= 15 is 0 Å². The van der Waals surface area contributed by atoms with E-state index < -0.39 is 11.8 Å². The van der Waals surface area contributed by atoms with Gasteiger partial charge in [0.1, 0.15) is 23.7 Å². The van der Waals surface area contributed by atoms with Crippen molar-refractivity contribution in [3.8, 4) is 17.2 Å². The topological polar surface area (TPSA) is 85.9 Å². The minimum atomic E-state index is -0.501. The van der Waals surface area contributed by atoms with Gasteiger partial charge in [0.25, 0.3) is 0 Å². The number of carbonyl (C=O) groups excluding carboxylic acids is 2. The van der Waals surface area contributed by atoms with Crippen LogP contribution in [-0.2, 0) is 9.59 Å². The summed E-state index contributed by atoms with van der Waals surface area (Å²) in [6.07, 6.45) is -0.361. The first-order valence-electron chi connectivity index (χ1n) is 7.62. The Morgan fingerprint density at radius 3 is 2.08 bits per heavy atom. The lowest BCUT2D eigenvalue weighted by Gasteiger charge is -2.13. The van der Waals surface area contributed by atoms with Gasteiger partial charge in [-0.05, 0) is 24.3 Å². The number of anilines is 2. The van der Waals surface area contributed by atoms with E-state index in [0.717, 1.165) is 0 Å². The maximum absolute atomic E-state index is 12.1. The van der Waals surface area contributed by atoms with Crippen LogP contribution in [0.2, 0.25) is 5.02 Å². The number of amides is 2. The van der Waals surface area contributed by atoms with Crippen molar-refractivity contribution in [3.05, 3.63) is 41.4 Å². The minimum absolute atomic E-state index is 0.347. The van der Waals surface area contributed by atoms with E-state index in [1.54, 1.807) is 31.4 Å². The second-order valence-corrected chi connectivity index (χ2v) is 5.60. The smallest absolute Gasteiger partial charge is 0.233 e. The highest BCUT2D eigenvalue weighted by Gasteiger charge is 2.15. The molecular weight excluding hydrogens is 360 g/mol. The van der Waals surface area contributed by atoms with Gasteiger partial charge >= 0.3 is 0 Å². The molecule has 7 nitrogen and oxygen atoms in total. The molecule has 0 aliphatic rings. The van der Waals surface area contributed by atoms with Crippen LogP contribution in [-0.4, -0.2) is 33.1 Å². The van der Waals surface area contributed by atoms with Crippen LogP contribution >= 0.6 is 11.6 Å². The summed E-state index contributed by atoms with van der Waals surface area (Å²) in [5.41, 5.74) is 0.922. The van der Waals surface area contributed by atoms with Crippen LogP contribution in [0.25, 0.3) is 0 Å². The van der Waals surface area contributed by atoms with Crippen molar-refractivity contribution >= 4 is 34.8 Å². The summed E-state index contributed by atoms with van der Waals surface area (Å²) in [4.78, 5) is 24.2. The normalized spacial score (nSPS) is 10.0. The van der Waals surface area contributed by atoms with E-state index in [1.807, 2.05) is 0 Å². The molecule has 2 rings (SSSR count). The van der Waals surface area contributed by atoms with Crippen molar-refractivity contribution in [1.29, 1.82) is 0 Å². The third-order valence-corrected chi connectivity index (χ3v) is 3.74. The Labute approximate surface area is 156 Å². The lowest BCUT2D eigenvalue weighted by molar-refractivity contribution is -0.123. The van der Waals surface area contributed by atoms with Crippen molar-refractivity contribution < 1.29 is 23.8 Å². The lowest BCUT2D eigenvalue weighted by Crippen LogP contribution is -2.21. The molecule has 0 spiro atoms. The van der Waals surface area contributed by atoms with Crippen molar-refractivity contribution in [2.45, 2.75) is 6.42 Å². The van der Waals surface area contributed by atoms with E-state index in [2.05, 4.69) is 10.6 Å². The summed E-state index contributed by atoms with van der Waals surface area (Å²) in [6, 6.07) is 9.83. The monoisotopic (exact) mass is 378 g/mol. The molecule has 0 atom stereocenters. The van der Waals surface area contributed by atoms with Crippen LogP contribution in [0.5, 0.6) is 17.2 Å². The van der Waals surface area contributed by atoms with E-state index in [-0.39, 0.29) is 6.42 Å². The Morgan fingerprint density at radius 2 is 1.50 bits per heavy atom. The molecule has 0 fully saturated rings. The number of rotatable bonds is 7. The minimum Gasteiger partial charge on any atom is -0.497 e. The Bertz CT molecular complexity index is 793. The van der Waals surface area contributed by atoms with Gasteiger partial charge < -0.3 is 24.8 Å². The fourth-order valence-corrected chi connectivity index (χ4v) is 2.41. The number of benzene rings is 2. The Morgan fingerprint density at radius 1 is 0.885 bits per heavy atom. The summed E-state index contributed by atoms with van der Waals surface area (Å²) >= 11 is 6.02. The molecule has 0 heterocycles. The maximum Gasteiger partial charge on any atom is 0.233 e. The van der Waals surface area contributed by atoms with Crippen molar-refractivity contribution in [3.63, 3.8) is 0 Å². The highest BCUT2D eigenvalue weighted by atomic mass is 35.5. The molecule has 8 heteroatoms. The average molecular weight is 379 g/mol. The molecule has 2 aromatic rings. The first kappa shape index (κ1) is 19.4. The Balaban J connectivity index is 2.00. The molecule has 0 aliphatic heterocycles. The maximum atomic E-state index is 12.1. The molecule has 0 unspecified atom stereocenters. The zero-order valence-electron chi connectivity index (χ0n) is 14.6. The SMILES string of the molecule is COc1ccc(NC(=O)CC(=O)Nc2cc(OC)c(Cl)cc2OC)cc1. The van der Waals surface area contributed by atoms with Crippen LogP contribution in [0, 0.1) is 0 Å². The van der Waals surface area contributed by atoms with Gasteiger partial charge in [-0.2, -0.15) is 0 Å². The standard InChI is InChI=1S/C18H19ClN2O5/c1-24-12-6-4-11(5-7-12)20-17(22)10-18(23)21-14-9-15(25-2)13(19)8-16(14)26-3/h4-9H,10H2,1-3H3,(H,20,22)(H,21,23). The number of hydrogen-bond acceptors (Lipinski definition) is 5. The Kier molecular flexibility index (Phi) is 6.68. The third-order valence-electron chi connectivity index (χ3n) is 3.44. The molecule has 2 amide bonds. The summed E-state index contributed by atoms with van der Waals surface area (Å²) in [5, 5.41) is 5.60. The molecule has 0 aliphatic carbocycles. The molecule has 2 N–H and O–H groups in total. The first-order chi connectivity index (χ1) is 12.5. The number of nitrogens with one attached hydrogen (secondary N) is 2. The molecule has 0 bridgehead atoms. The van der Waals surface area contributed by atoms with Gasteiger partial charge in [-0.3, -0.25) is 9.59 Å². The molecule has 2 aromatic carbocycles. The van der Waals surface area contributed by atoms with Crippen molar-refractivity contribution in [1.82, 2.24) is 0 Å². The molecule has 0 radical (unpaired) electrons. The fourth-order valence-electron chi connectivity index (χ4n) is 2.18. The van der Waals surface area contributed by atoms with Gasteiger partial charge in [0, 0.05) is 17.8 Å². The molecule has 26 heavy (non-hydrogen) atoms. The number of halogens is 1. The highest BCUT2D eigenvalue weighted by molar-refractivity contribution is 6.32. The van der Waals surface area contributed by atoms with Crippen LogP contribution < -0.4 is 24.8 Å². The van der Waals surface area contributed by atoms with Gasteiger partial charge in [-0.15, -0.1) is 0 Å². The second-order valence-electron chi connectivity index (χ2n) is 5.19. The van der Waals surface area contributed by atoms with Crippen LogP contribution in [0.1, 0.15) is 6.42 Å². The largest absolute Gasteiger partial charge is 0.497 e. The van der Waals surface area contributed by atoms with Crippen LogP contribution in [0.4, 0.5) is 11.4 Å². The number of hydrogen-bond donors (Lipinski definition) is 2. The Hall–Kier alpha value is -2.93. The predicted octanol–water partition coefficient (Wildman–Crippen LogP) is 3.33. The number of carbonyl (C=O) groups is 2. The van der Waals surface area contributed by atoms with Gasteiger partial charge in [0.2, 0.25) is 11.8 Å². The van der Waals surface area contributed by atoms with E-state index in [9.17, 15) is 9.59 Å². The van der Waals surface area contributed by atoms with Gasteiger partial charge in [0.05, 0.1) is 32.0 Å². The molecule has 0 saturated carbocycles. The third kappa shape index (κ3) is 5.03. The van der Waals surface area contributed by atoms with Crippen LogP contribution in [0.15, 0.2) is 36.4 Å². The lowest BCUT2D eigenvalue weighted by atomic mass is 10.2. The van der Waals surface area contributed by atoms with Gasteiger partial charge in [-0.1, -0.05) is 11.6 Å². The zero-order valence-corrected chi connectivity index (χ0v) is 15.3. The van der Waals surface area contributed by atoms with E-state index in [0.29, 0.717) is 33.6 Å². The number of methoxy groups -OCH3 is 3. The van der Waals surface area contributed by atoms with Crippen molar-refractivity contribution in [2.75, 3.05) is 32.0 Å². The van der Waals surface area contributed by atoms with E-state index in [1.165, 1.54) is 26.4 Å². The predicted molar refractivity (Wildman–Crippen MR) is 99.4 cm³/mol. The molecule has 0 aromatic heterocycles. The number of ether oxygens (including phenoxy) is 3. The quantitative estimate of drug-likeness (QED) is 0.722. The summed E-state index contributed by atoms with van der Waals surface area (Å²) < 4.78 is 15.3.